The molecule has 2 aliphatic carbocycles. The zero-order valence-corrected chi connectivity index (χ0v) is 14.1. The second kappa shape index (κ2) is 5.95. The van der Waals surface area contributed by atoms with Crippen molar-refractivity contribution in [1.29, 1.82) is 0 Å². The van der Waals surface area contributed by atoms with E-state index in [-0.39, 0.29) is 0 Å². The molecule has 1 heterocycles. The fraction of sp³-hybridized carbons (Fsp3) is 0.750. The summed E-state index contributed by atoms with van der Waals surface area (Å²) in [6.45, 7) is 5.08. The molecule has 1 aromatic rings. The van der Waals surface area contributed by atoms with E-state index in [1.165, 1.54) is 36.9 Å². The van der Waals surface area contributed by atoms with Crippen LogP contribution in [0.2, 0.25) is 0 Å². The predicted octanol–water partition coefficient (Wildman–Crippen LogP) is 2.23. The Labute approximate surface area is 132 Å². The van der Waals surface area contributed by atoms with Gasteiger partial charge in [-0.25, -0.2) is 0 Å². The van der Waals surface area contributed by atoms with Crippen LogP contribution in [0.1, 0.15) is 42.6 Å². The van der Waals surface area contributed by atoms with Crippen molar-refractivity contribution in [3.8, 4) is 0 Å². The molecule has 2 N–H and O–H groups in total. The average molecular weight is 306 g/mol. The Morgan fingerprint density at radius 1 is 1.33 bits per heavy atom. The molecule has 21 heavy (non-hydrogen) atoms. The summed E-state index contributed by atoms with van der Waals surface area (Å²) in [7, 11) is 2.00. The van der Waals surface area contributed by atoms with Crippen LogP contribution in [0, 0.1) is 25.7 Å². The largest absolute Gasteiger partial charge is 0.362 e. The number of hydrogen-bond acceptors (Lipinski definition) is 2. The highest BCUT2D eigenvalue weighted by Gasteiger charge is 2.39. The molecule has 3 atom stereocenters. The first-order valence-electron chi connectivity index (χ1n) is 8.08. The van der Waals surface area contributed by atoms with Gasteiger partial charge in [-0.15, -0.1) is 0 Å². The highest BCUT2D eigenvalue weighted by molar-refractivity contribution is 7.80. The van der Waals surface area contributed by atoms with Gasteiger partial charge in [0.05, 0.1) is 5.69 Å². The Morgan fingerprint density at radius 3 is 2.71 bits per heavy atom. The maximum atomic E-state index is 5.45. The van der Waals surface area contributed by atoms with Crippen LogP contribution >= 0.6 is 12.2 Å². The lowest BCUT2D eigenvalue weighted by molar-refractivity contribution is 0.389. The summed E-state index contributed by atoms with van der Waals surface area (Å²) in [5.41, 5.74) is 3.72. The van der Waals surface area contributed by atoms with E-state index >= 15 is 0 Å². The van der Waals surface area contributed by atoms with E-state index in [1.54, 1.807) is 0 Å². The third-order valence-electron chi connectivity index (χ3n) is 5.37. The van der Waals surface area contributed by atoms with Crippen molar-refractivity contribution in [1.82, 2.24) is 20.4 Å². The molecule has 0 amide bonds. The lowest BCUT2D eigenvalue weighted by atomic mass is 9.96. The molecule has 0 radical (unpaired) electrons. The highest BCUT2D eigenvalue weighted by atomic mass is 32.1. The Kier molecular flexibility index (Phi) is 4.20. The number of hydrogen-bond donors (Lipinski definition) is 2. The van der Waals surface area contributed by atoms with Gasteiger partial charge in [-0.1, -0.05) is 6.42 Å². The molecule has 2 bridgehead atoms. The van der Waals surface area contributed by atoms with Crippen LogP contribution in [-0.4, -0.2) is 27.5 Å². The Balaban J connectivity index is 1.44. The van der Waals surface area contributed by atoms with Crippen molar-refractivity contribution in [2.24, 2.45) is 18.9 Å². The second-order valence-electron chi connectivity index (χ2n) is 6.70. The first-order chi connectivity index (χ1) is 10.0. The highest BCUT2D eigenvalue weighted by Crippen LogP contribution is 2.44. The van der Waals surface area contributed by atoms with Crippen molar-refractivity contribution in [3.63, 3.8) is 0 Å². The summed E-state index contributed by atoms with van der Waals surface area (Å²) < 4.78 is 1.95. The molecule has 0 saturated heterocycles. The molecule has 3 rings (SSSR count). The molecule has 0 aromatic carbocycles. The Hall–Kier alpha value is -1.10. The summed E-state index contributed by atoms with van der Waals surface area (Å²) in [5, 5.41) is 12.2. The van der Waals surface area contributed by atoms with E-state index < -0.39 is 0 Å². The maximum absolute atomic E-state index is 5.45. The van der Waals surface area contributed by atoms with Gasteiger partial charge in [0.15, 0.2) is 5.11 Å². The number of aromatic nitrogens is 2. The van der Waals surface area contributed by atoms with E-state index in [1.807, 2.05) is 11.7 Å². The number of nitrogens with zero attached hydrogens (tertiary/aromatic N) is 2. The second-order valence-corrected chi connectivity index (χ2v) is 7.11. The molecule has 3 unspecified atom stereocenters. The molecule has 0 aliphatic heterocycles. The van der Waals surface area contributed by atoms with Crippen molar-refractivity contribution in [2.75, 3.05) is 6.54 Å². The van der Waals surface area contributed by atoms with Crippen LogP contribution in [0.25, 0.3) is 0 Å². The smallest absolute Gasteiger partial charge is 0.166 e. The van der Waals surface area contributed by atoms with Gasteiger partial charge in [-0.2, -0.15) is 5.10 Å². The number of rotatable bonds is 4. The van der Waals surface area contributed by atoms with Crippen LogP contribution in [0.3, 0.4) is 0 Å². The van der Waals surface area contributed by atoms with Crippen LogP contribution in [0.5, 0.6) is 0 Å². The zero-order chi connectivity index (χ0) is 15.0. The van der Waals surface area contributed by atoms with Crippen molar-refractivity contribution in [2.45, 2.75) is 52.0 Å². The number of aryl methyl sites for hydroxylation is 2. The van der Waals surface area contributed by atoms with E-state index in [0.717, 1.165) is 35.6 Å². The fourth-order valence-electron chi connectivity index (χ4n) is 4.12. The van der Waals surface area contributed by atoms with E-state index in [0.29, 0.717) is 6.04 Å². The fourth-order valence-corrected chi connectivity index (χ4v) is 4.37. The topological polar surface area (TPSA) is 41.9 Å². The molecule has 2 aliphatic rings. The molecule has 4 nitrogen and oxygen atoms in total. The van der Waals surface area contributed by atoms with Crippen molar-refractivity contribution >= 4 is 17.3 Å². The van der Waals surface area contributed by atoms with Crippen LogP contribution in [0.15, 0.2) is 0 Å². The van der Waals surface area contributed by atoms with Crippen molar-refractivity contribution < 1.29 is 0 Å². The summed E-state index contributed by atoms with van der Waals surface area (Å²) in [6, 6.07) is 0.616. The SMILES string of the molecule is Cc1nn(C)c(C)c1CCNC(=S)NC1CC2CCC1C2. The standard InChI is InChI=1S/C16H26N4S/c1-10-14(11(2)20(3)19-10)6-7-17-16(21)18-15-9-12-4-5-13(15)8-12/h12-13,15H,4-9H2,1-3H3,(H2,17,18,21). The minimum atomic E-state index is 0.616. The lowest BCUT2D eigenvalue weighted by Crippen LogP contribution is -2.44. The molecule has 2 fully saturated rings. The van der Waals surface area contributed by atoms with Crippen molar-refractivity contribution in [3.05, 3.63) is 17.0 Å². The number of nitrogens with one attached hydrogen (secondary N) is 2. The minimum absolute atomic E-state index is 0.616. The zero-order valence-electron chi connectivity index (χ0n) is 13.3. The maximum Gasteiger partial charge on any atom is 0.166 e. The Morgan fingerprint density at radius 2 is 2.14 bits per heavy atom. The molecule has 116 valence electrons. The summed E-state index contributed by atoms with van der Waals surface area (Å²) in [5.74, 6) is 1.81. The molecule has 0 spiro atoms. The average Bonchev–Trinajstić information content (AvgIpc) is 3.10. The quantitative estimate of drug-likeness (QED) is 0.837. The lowest BCUT2D eigenvalue weighted by Gasteiger charge is -2.24. The predicted molar refractivity (Wildman–Crippen MR) is 89.4 cm³/mol. The van der Waals surface area contributed by atoms with Gasteiger partial charge >= 0.3 is 0 Å². The van der Waals surface area contributed by atoms with Gasteiger partial charge < -0.3 is 10.6 Å². The monoisotopic (exact) mass is 306 g/mol. The third-order valence-corrected chi connectivity index (χ3v) is 5.64. The third kappa shape index (κ3) is 3.07. The normalized spacial score (nSPS) is 27.1. The van der Waals surface area contributed by atoms with Gasteiger partial charge in [0.2, 0.25) is 0 Å². The van der Waals surface area contributed by atoms with E-state index in [4.69, 9.17) is 12.2 Å². The van der Waals surface area contributed by atoms with Crippen LogP contribution < -0.4 is 10.6 Å². The first-order valence-corrected chi connectivity index (χ1v) is 8.49. The van der Waals surface area contributed by atoms with Gasteiger partial charge in [0, 0.05) is 25.3 Å². The Bertz CT molecular complexity index is 537. The molecule has 2 saturated carbocycles. The minimum Gasteiger partial charge on any atom is -0.362 e. The number of thiocarbonyl (C=S) groups is 1. The van der Waals surface area contributed by atoms with Crippen LogP contribution in [-0.2, 0) is 13.5 Å². The van der Waals surface area contributed by atoms with Gasteiger partial charge in [-0.3, -0.25) is 4.68 Å². The van der Waals surface area contributed by atoms with Gasteiger partial charge in [0.25, 0.3) is 0 Å². The van der Waals surface area contributed by atoms with E-state index in [2.05, 4.69) is 29.6 Å². The molecular formula is C16H26N4S. The summed E-state index contributed by atoms with van der Waals surface area (Å²) in [4.78, 5) is 0. The van der Waals surface area contributed by atoms with E-state index in [9.17, 15) is 0 Å². The van der Waals surface area contributed by atoms with Crippen LogP contribution in [0.4, 0.5) is 0 Å². The number of fused-ring (bicyclic) bond motifs is 2. The van der Waals surface area contributed by atoms with Gasteiger partial charge in [0.1, 0.15) is 0 Å². The summed E-state index contributed by atoms with van der Waals surface area (Å²) >= 11 is 5.45. The molecule has 5 heteroatoms. The van der Waals surface area contributed by atoms with Gasteiger partial charge in [-0.05, 0) is 69.1 Å². The molecular weight excluding hydrogens is 280 g/mol. The first kappa shape index (κ1) is 14.8. The molecule has 1 aromatic heterocycles. The summed E-state index contributed by atoms with van der Waals surface area (Å²) in [6.07, 6.45) is 6.52.